The molecule has 0 bridgehead atoms. The highest BCUT2D eigenvalue weighted by atomic mass is 16.5. The topological polar surface area (TPSA) is 70.1 Å². The first-order chi connectivity index (χ1) is 15.5. The summed E-state index contributed by atoms with van der Waals surface area (Å²) in [6, 6.07) is 14.9. The second-order valence-corrected chi connectivity index (χ2v) is 8.49. The molecule has 1 saturated heterocycles. The molecule has 2 aliphatic rings. The van der Waals surface area contributed by atoms with Crippen LogP contribution in [-0.2, 0) is 9.59 Å². The number of nitrogens with zero attached hydrogens (tertiary/aromatic N) is 2. The van der Waals surface area contributed by atoms with Crippen molar-refractivity contribution in [1.82, 2.24) is 4.90 Å². The number of aliphatic hydroxyl groups excluding tert-OH is 1. The SMILES string of the molecule is CCCOc1ccccc1N1C(=O)C(c2ccc(C)cc2)=C(N2CCCC(CO)C2)C1=O. The molecule has 0 spiro atoms. The Balaban J connectivity index is 1.80. The van der Waals surface area contributed by atoms with Crippen LogP contribution in [0.15, 0.2) is 54.2 Å². The zero-order valence-electron chi connectivity index (χ0n) is 18.7. The van der Waals surface area contributed by atoms with Crippen molar-refractivity contribution in [1.29, 1.82) is 0 Å². The molecule has 1 N–H and O–H groups in total. The number of amides is 2. The Morgan fingerprint density at radius 3 is 2.53 bits per heavy atom. The summed E-state index contributed by atoms with van der Waals surface area (Å²) < 4.78 is 5.86. The zero-order chi connectivity index (χ0) is 22.7. The smallest absolute Gasteiger partial charge is 0.282 e. The highest BCUT2D eigenvalue weighted by molar-refractivity contribution is 6.45. The van der Waals surface area contributed by atoms with Crippen molar-refractivity contribution in [2.24, 2.45) is 5.92 Å². The third-order valence-electron chi connectivity index (χ3n) is 6.06. The van der Waals surface area contributed by atoms with Gasteiger partial charge >= 0.3 is 0 Å². The first-order valence-corrected chi connectivity index (χ1v) is 11.3. The number of hydrogen-bond donors (Lipinski definition) is 1. The van der Waals surface area contributed by atoms with E-state index in [1.807, 2.05) is 49.1 Å². The third-order valence-corrected chi connectivity index (χ3v) is 6.06. The monoisotopic (exact) mass is 434 g/mol. The molecule has 2 amide bonds. The molecule has 2 aromatic carbocycles. The van der Waals surface area contributed by atoms with E-state index in [1.165, 1.54) is 4.90 Å². The molecule has 6 nitrogen and oxygen atoms in total. The Morgan fingerprint density at radius 1 is 1.06 bits per heavy atom. The molecule has 2 aliphatic heterocycles. The summed E-state index contributed by atoms with van der Waals surface area (Å²) in [5.74, 6) is -0.0654. The Bertz CT molecular complexity index is 1030. The van der Waals surface area contributed by atoms with Gasteiger partial charge < -0.3 is 14.7 Å². The molecule has 0 radical (unpaired) electrons. The van der Waals surface area contributed by atoms with Gasteiger partial charge in [0.15, 0.2) is 0 Å². The zero-order valence-corrected chi connectivity index (χ0v) is 18.7. The third kappa shape index (κ3) is 4.15. The molecular formula is C26H30N2O4. The van der Waals surface area contributed by atoms with Gasteiger partial charge in [0.2, 0.25) is 0 Å². The van der Waals surface area contributed by atoms with E-state index in [4.69, 9.17) is 4.74 Å². The van der Waals surface area contributed by atoms with Crippen molar-refractivity contribution < 1.29 is 19.4 Å². The minimum absolute atomic E-state index is 0.0726. The maximum atomic E-state index is 13.8. The minimum atomic E-state index is -0.340. The van der Waals surface area contributed by atoms with E-state index in [1.54, 1.807) is 18.2 Å². The molecule has 1 atom stereocenters. The summed E-state index contributed by atoms with van der Waals surface area (Å²) in [4.78, 5) is 30.8. The highest BCUT2D eigenvalue weighted by Gasteiger charge is 2.44. The number of hydrogen-bond acceptors (Lipinski definition) is 5. The number of carbonyl (C=O) groups is 2. The largest absolute Gasteiger partial charge is 0.491 e. The first kappa shape index (κ1) is 22.1. The van der Waals surface area contributed by atoms with Crippen molar-refractivity contribution >= 4 is 23.1 Å². The van der Waals surface area contributed by atoms with Gasteiger partial charge in [-0.3, -0.25) is 9.59 Å². The van der Waals surface area contributed by atoms with Gasteiger partial charge in [0.25, 0.3) is 11.8 Å². The number of benzene rings is 2. The number of carbonyl (C=O) groups excluding carboxylic acids is 2. The van der Waals surface area contributed by atoms with Gasteiger partial charge in [-0.25, -0.2) is 4.90 Å². The van der Waals surface area contributed by atoms with E-state index in [-0.39, 0.29) is 24.3 Å². The summed E-state index contributed by atoms with van der Waals surface area (Å²) in [6.07, 6.45) is 2.61. The van der Waals surface area contributed by atoms with Crippen LogP contribution in [0.4, 0.5) is 5.69 Å². The van der Waals surface area contributed by atoms with Gasteiger partial charge in [0, 0.05) is 19.7 Å². The van der Waals surface area contributed by atoms with Crippen LogP contribution in [0, 0.1) is 12.8 Å². The fourth-order valence-electron chi connectivity index (χ4n) is 4.40. The molecule has 32 heavy (non-hydrogen) atoms. The molecule has 2 heterocycles. The molecule has 0 aromatic heterocycles. The van der Waals surface area contributed by atoms with Crippen molar-refractivity contribution in [3.8, 4) is 5.75 Å². The predicted molar refractivity (Wildman–Crippen MR) is 124 cm³/mol. The van der Waals surface area contributed by atoms with E-state index < -0.39 is 0 Å². The number of para-hydroxylation sites is 2. The molecule has 6 heteroatoms. The quantitative estimate of drug-likeness (QED) is 0.672. The van der Waals surface area contributed by atoms with Crippen LogP contribution in [0.5, 0.6) is 5.75 Å². The number of imide groups is 1. The summed E-state index contributed by atoms with van der Waals surface area (Å²) in [6.45, 7) is 5.82. The first-order valence-electron chi connectivity index (χ1n) is 11.3. The normalized spacial score (nSPS) is 19.2. The number of ether oxygens (including phenoxy) is 1. The van der Waals surface area contributed by atoms with Crippen LogP contribution in [0.25, 0.3) is 5.57 Å². The maximum absolute atomic E-state index is 13.8. The van der Waals surface area contributed by atoms with Crippen LogP contribution in [0.1, 0.15) is 37.3 Å². The van der Waals surface area contributed by atoms with Crippen LogP contribution in [0.2, 0.25) is 0 Å². The summed E-state index contributed by atoms with van der Waals surface area (Å²) in [7, 11) is 0. The summed E-state index contributed by atoms with van der Waals surface area (Å²) in [5.41, 5.74) is 3.11. The Kier molecular flexibility index (Phi) is 6.61. The molecule has 168 valence electrons. The predicted octanol–water partition coefficient (Wildman–Crippen LogP) is 3.77. The average molecular weight is 435 g/mol. The Hall–Kier alpha value is -3.12. The number of piperidine rings is 1. The fourth-order valence-corrected chi connectivity index (χ4v) is 4.40. The van der Waals surface area contributed by atoms with Crippen LogP contribution in [0.3, 0.4) is 0 Å². The van der Waals surface area contributed by atoms with E-state index in [0.29, 0.717) is 42.4 Å². The molecule has 0 aliphatic carbocycles. The van der Waals surface area contributed by atoms with Crippen molar-refractivity contribution in [3.05, 3.63) is 65.4 Å². The van der Waals surface area contributed by atoms with E-state index in [0.717, 1.165) is 30.4 Å². The van der Waals surface area contributed by atoms with Crippen LogP contribution in [-0.4, -0.2) is 48.1 Å². The summed E-state index contributed by atoms with van der Waals surface area (Å²) in [5, 5.41) is 9.71. The lowest BCUT2D eigenvalue weighted by Gasteiger charge is -2.34. The lowest BCUT2D eigenvalue weighted by Crippen LogP contribution is -2.40. The lowest BCUT2D eigenvalue weighted by atomic mass is 9.96. The van der Waals surface area contributed by atoms with E-state index in [2.05, 4.69) is 0 Å². The van der Waals surface area contributed by atoms with Crippen LogP contribution >= 0.6 is 0 Å². The maximum Gasteiger partial charge on any atom is 0.282 e. The fraction of sp³-hybridized carbons (Fsp3) is 0.385. The van der Waals surface area contributed by atoms with Gasteiger partial charge in [-0.1, -0.05) is 48.9 Å². The van der Waals surface area contributed by atoms with Crippen LogP contribution < -0.4 is 9.64 Å². The molecule has 1 unspecified atom stereocenters. The van der Waals surface area contributed by atoms with Gasteiger partial charge in [0.1, 0.15) is 11.4 Å². The van der Waals surface area contributed by atoms with Gasteiger partial charge in [-0.05, 0) is 49.8 Å². The number of likely N-dealkylation sites (tertiary alicyclic amines) is 1. The minimum Gasteiger partial charge on any atom is -0.491 e. The Labute approximate surface area is 189 Å². The van der Waals surface area contributed by atoms with Gasteiger partial charge in [0.05, 0.1) is 17.9 Å². The molecular weight excluding hydrogens is 404 g/mol. The van der Waals surface area contributed by atoms with Gasteiger partial charge in [-0.15, -0.1) is 0 Å². The van der Waals surface area contributed by atoms with Crippen molar-refractivity contribution in [3.63, 3.8) is 0 Å². The second kappa shape index (κ2) is 9.57. The standard InChI is InChI=1S/C26H30N2O4/c1-3-15-32-22-9-5-4-8-21(22)28-25(30)23(20-12-10-18(2)11-13-20)24(26(28)31)27-14-6-7-19(16-27)17-29/h4-5,8-13,19,29H,3,6-7,14-17H2,1-2H3. The Morgan fingerprint density at radius 2 is 1.81 bits per heavy atom. The van der Waals surface area contributed by atoms with E-state index >= 15 is 0 Å². The van der Waals surface area contributed by atoms with Crippen molar-refractivity contribution in [2.45, 2.75) is 33.1 Å². The lowest BCUT2D eigenvalue weighted by molar-refractivity contribution is -0.120. The average Bonchev–Trinajstić information content (AvgIpc) is 3.08. The summed E-state index contributed by atoms with van der Waals surface area (Å²) >= 11 is 0. The van der Waals surface area contributed by atoms with E-state index in [9.17, 15) is 14.7 Å². The highest BCUT2D eigenvalue weighted by Crippen LogP contribution is 2.39. The number of aryl methyl sites for hydroxylation is 1. The van der Waals surface area contributed by atoms with Gasteiger partial charge in [-0.2, -0.15) is 0 Å². The molecule has 0 saturated carbocycles. The molecule has 1 fully saturated rings. The number of anilines is 1. The molecule has 2 aromatic rings. The molecule has 4 rings (SSSR count). The second-order valence-electron chi connectivity index (χ2n) is 8.49. The number of rotatable bonds is 7. The van der Waals surface area contributed by atoms with Crippen molar-refractivity contribution in [2.75, 3.05) is 31.2 Å². The number of aliphatic hydroxyl groups is 1.